The van der Waals surface area contributed by atoms with Crippen LogP contribution in [-0.2, 0) is 6.42 Å². The van der Waals surface area contributed by atoms with E-state index in [9.17, 15) is 0 Å². The second kappa shape index (κ2) is 6.08. The summed E-state index contributed by atoms with van der Waals surface area (Å²) in [5.74, 6) is 0. The number of nitrogens with one attached hydrogen (secondary N) is 1. The van der Waals surface area contributed by atoms with Gasteiger partial charge in [0.15, 0.2) is 4.96 Å². The fraction of sp³-hybridized carbons (Fsp3) is 0.267. The topological polar surface area (TPSA) is 29.3 Å². The second-order valence-corrected chi connectivity index (χ2v) is 6.48. The van der Waals surface area contributed by atoms with Gasteiger partial charge in [-0.15, -0.1) is 11.3 Å². The summed E-state index contributed by atoms with van der Waals surface area (Å²) in [6.45, 7) is 3.08. The molecule has 3 aromatic rings. The molecule has 5 heteroatoms. The minimum Gasteiger partial charge on any atom is -0.310 e. The van der Waals surface area contributed by atoms with Crippen LogP contribution in [0.25, 0.3) is 4.96 Å². The van der Waals surface area contributed by atoms with Gasteiger partial charge in [0.2, 0.25) is 0 Å². The van der Waals surface area contributed by atoms with Gasteiger partial charge < -0.3 is 5.32 Å². The number of thiazole rings is 1. The predicted molar refractivity (Wildman–Crippen MR) is 87.3 cm³/mol. The Kier molecular flexibility index (Phi) is 4.19. The van der Waals surface area contributed by atoms with Crippen molar-refractivity contribution >= 4 is 32.2 Å². The zero-order chi connectivity index (χ0) is 13.9. The fourth-order valence-electron chi connectivity index (χ4n) is 2.36. The molecule has 20 heavy (non-hydrogen) atoms. The van der Waals surface area contributed by atoms with Gasteiger partial charge in [-0.1, -0.05) is 35.0 Å². The monoisotopic (exact) mass is 349 g/mol. The van der Waals surface area contributed by atoms with E-state index < -0.39 is 0 Å². The lowest BCUT2D eigenvalue weighted by molar-refractivity contribution is 0.545. The minimum absolute atomic E-state index is 0.294. The van der Waals surface area contributed by atoms with Gasteiger partial charge in [0.25, 0.3) is 0 Å². The first-order valence-corrected chi connectivity index (χ1v) is 8.33. The summed E-state index contributed by atoms with van der Waals surface area (Å²) in [7, 11) is 0. The molecular weight excluding hydrogens is 334 g/mol. The molecule has 2 heterocycles. The van der Waals surface area contributed by atoms with Crippen LogP contribution < -0.4 is 5.32 Å². The molecule has 0 aliphatic heterocycles. The third-order valence-corrected chi connectivity index (χ3v) is 4.52. The Hall–Kier alpha value is -1.17. The maximum absolute atomic E-state index is 4.67. The highest BCUT2D eigenvalue weighted by molar-refractivity contribution is 9.10. The summed E-state index contributed by atoms with van der Waals surface area (Å²) in [6.07, 6.45) is 5.07. The second-order valence-electron chi connectivity index (χ2n) is 4.69. The van der Waals surface area contributed by atoms with E-state index in [0.717, 1.165) is 28.1 Å². The van der Waals surface area contributed by atoms with Crippen LogP contribution in [0.15, 0.2) is 46.5 Å². The molecular formula is C15H16BrN3S. The summed E-state index contributed by atoms with van der Waals surface area (Å²) in [4.78, 5) is 5.73. The van der Waals surface area contributed by atoms with Gasteiger partial charge in [-0.2, -0.15) is 0 Å². The van der Waals surface area contributed by atoms with Crippen molar-refractivity contribution in [1.82, 2.24) is 14.7 Å². The van der Waals surface area contributed by atoms with Gasteiger partial charge in [-0.05, 0) is 24.2 Å². The first kappa shape index (κ1) is 13.8. The summed E-state index contributed by atoms with van der Waals surface area (Å²) >= 11 is 5.21. The van der Waals surface area contributed by atoms with Gasteiger partial charge in [0.05, 0.1) is 5.69 Å². The fourth-order valence-corrected chi connectivity index (χ4v) is 3.50. The van der Waals surface area contributed by atoms with Gasteiger partial charge in [-0.3, -0.25) is 4.40 Å². The van der Waals surface area contributed by atoms with E-state index in [1.807, 2.05) is 0 Å². The van der Waals surface area contributed by atoms with Crippen LogP contribution in [0, 0.1) is 0 Å². The number of halogens is 1. The molecule has 0 saturated carbocycles. The van der Waals surface area contributed by atoms with E-state index >= 15 is 0 Å². The zero-order valence-corrected chi connectivity index (χ0v) is 13.6. The molecule has 0 radical (unpaired) electrons. The number of rotatable bonds is 5. The Bertz CT molecular complexity index is 675. The van der Waals surface area contributed by atoms with Gasteiger partial charge in [-0.25, -0.2) is 4.98 Å². The average molecular weight is 350 g/mol. The van der Waals surface area contributed by atoms with Crippen molar-refractivity contribution < 1.29 is 0 Å². The van der Waals surface area contributed by atoms with E-state index in [0.29, 0.717) is 6.04 Å². The van der Waals surface area contributed by atoms with Crippen LogP contribution >= 0.6 is 27.3 Å². The lowest BCUT2D eigenvalue weighted by Crippen LogP contribution is -2.23. The van der Waals surface area contributed by atoms with Crippen LogP contribution in [0.1, 0.15) is 24.2 Å². The first-order valence-electron chi connectivity index (χ1n) is 6.66. The van der Waals surface area contributed by atoms with E-state index in [-0.39, 0.29) is 0 Å². The minimum atomic E-state index is 0.294. The molecule has 1 unspecified atom stereocenters. The highest BCUT2D eigenvalue weighted by atomic mass is 79.9. The Labute approximate surface area is 130 Å². The Morgan fingerprint density at radius 2 is 2.35 bits per heavy atom. The first-order chi connectivity index (χ1) is 9.76. The SMILES string of the molecule is CCNC(Cc1cn2ccsc2n1)c1cccc(Br)c1. The standard InChI is InChI=1S/C15H16BrN3S/c1-2-17-14(11-4-3-5-12(16)8-11)9-13-10-19-6-7-20-15(19)18-13/h3-8,10,14,17H,2,9H2,1H3. The van der Waals surface area contributed by atoms with Gasteiger partial charge in [0.1, 0.15) is 0 Å². The molecule has 104 valence electrons. The van der Waals surface area contributed by atoms with Crippen LogP contribution in [-0.4, -0.2) is 15.9 Å². The normalized spacial score (nSPS) is 12.9. The van der Waals surface area contributed by atoms with Crippen LogP contribution in [0.2, 0.25) is 0 Å². The molecule has 0 spiro atoms. The maximum Gasteiger partial charge on any atom is 0.193 e. The average Bonchev–Trinajstić information content (AvgIpc) is 2.99. The lowest BCUT2D eigenvalue weighted by Gasteiger charge is -2.17. The molecule has 3 rings (SSSR count). The van der Waals surface area contributed by atoms with E-state index in [2.05, 4.69) is 79.6 Å². The van der Waals surface area contributed by atoms with E-state index in [1.54, 1.807) is 11.3 Å². The number of imidazole rings is 1. The lowest BCUT2D eigenvalue weighted by atomic mass is 10.0. The smallest absolute Gasteiger partial charge is 0.193 e. The molecule has 3 nitrogen and oxygen atoms in total. The van der Waals surface area contributed by atoms with Crippen molar-refractivity contribution in [1.29, 1.82) is 0 Å². The number of hydrogen-bond acceptors (Lipinski definition) is 3. The number of hydrogen-bond donors (Lipinski definition) is 1. The summed E-state index contributed by atoms with van der Waals surface area (Å²) < 4.78 is 3.20. The summed E-state index contributed by atoms with van der Waals surface area (Å²) in [5.41, 5.74) is 2.42. The van der Waals surface area contributed by atoms with Crippen LogP contribution in [0.3, 0.4) is 0 Å². The predicted octanol–water partition coefficient (Wildman–Crippen LogP) is 4.05. The van der Waals surface area contributed by atoms with Crippen molar-refractivity contribution in [3.05, 3.63) is 57.8 Å². The van der Waals surface area contributed by atoms with Gasteiger partial charge >= 0.3 is 0 Å². The summed E-state index contributed by atoms with van der Waals surface area (Å²) in [5, 5.41) is 5.60. The Morgan fingerprint density at radius 3 is 3.10 bits per heavy atom. The molecule has 0 fully saturated rings. The number of likely N-dealkylation sites (N-methyl/N-ethyl adjacent to an activating group) is 1. The third kappa shape index (κ3) is 2.95. The van der Waals surface area contributed by atoms with Crippen molar-refractivity contribution in [2.45, 2.75) is 19.4 Å². The maximum atomic E-state index is 4.67. The van der Waals surface area contributed by atoms with Crippen molar-refractivity contribution in [3.8, 4) is 0 Å². The Balaban J connectivity index is 1.85. The third-order valence-electron chi connectivity index (χ3n) is 3.26. The highest BCUT2D eigenvalue weighted by Gasteiger charge is 2.14. The highest BCUT2D eigenvalue weighted by Crippen LogP contribution is 2.22. The Morgan fingerprint density at radius 1 is 1.45 bits per heavy atom. The quantitative estimate of drug-likeness (QED) is 0.752. The molecule has 0 saturated heterocycles. The molecule has 0 aliphatic rings. The zero-order valence-electron chi connectivity index (χ0n) is 11.2. The van der Waals surface area contributed by atoms with Crippen molar-refractivity contribution in [2.24, 2.45) is 0 Å². The number of benzene rings is 1. The molecule has 0 aliphatic carbocycles. The number of aromatic nitrogens is 2. The number of fused-ring (bicyclic) bond motifs is 1. The molecule has 2 aromatic heterocycles. The number of nitrogens with zero attached hydrogens (tertiary/aromatic N) is 2. The molecule has 1 N–H and O–H groups in total. The molecule has 0 bridgehead atoms. The van der Waals surface area contributed by atoms with Crippen molar-refractivity contribution in [3.63, 3.8) is 0 Å². The van der Waals surface area contributed by atoms with Gasteiger partial charge in [0, 0.05) is 34.7 Å². The van der Waals surface area contributed by atoms with E-state index in [4.69, 9.17) is 0 Å². The molecule has 1 aromatic carbocycles. The van der Waals surface area contributed by atoms with Crippen LogP contribution in [0.5, 0.6) is 0 Å². The van der Waals surface area contributed by atoms with Crippen molar-refractivity contribution in [2.75, 3.05) is 6.54 Å². The summed E-state index contributed by atoms with van der Waals surface area (Å²) in [6, 6.07) is 8.76. The van der Waals surface area contributed by atoms with E-state index in [1.165, 1.54) is 5.56 Å². The largest absolute Gasteiger partial charge is 0.310 e. The molecule has 1 atom stereocenters. The van der Waals surface area contributed by atoms with Crippen LogP contribution in [0.4, 0.5) is 0 Å². The molecule has 0 amide bonds.